The molecule has 8 nitrogen and oxygen atoms in total. The predicted octanol–water partition coefficient (Wildman–Crippen LogP) is 2.45. The van der Waals surface area contributed by atoms with Crippen LogP contribution in [0.4, 0.5) is 4.79 Å². The maximum Gasteiger partial charge on any atom is 0.339 e. The van der Waals surface area contributed by atoms with E-state index in [4.69, 9.17) is 14.2 Å². The monoisotopic (exact) mass is 386 g/mol. The van der Waals surface area contributed by atoms with Gasteiger partial charge in [0.1, 0.15) is 0 Å². The Labute approximate surface area is 162 Å². The van der Waals surface area contributed by atoms with Crippen LogP contribution >= 0.6 is 0 Å². The van der Waals surface area contributed by atoms with Gasteiger partial charge in [0.25, 0.3) is 5.91 Å². The molecule has 0 aliphatic carbocycles. The van der Waals surface area contributed by atoms with Crippen molar-refractivity contribution < 1.29 is 28.6 Å². The first-order valence-corrected chi connectivity index (χ1v) is 8.56. The third-order valence-electron chi connectivity index (χ3n) is 3.76. The molecule has 2 aromatic carbocycles. The van der Waals surface area contributed by atoms with Crippen molar-refractivity contribution in [1.29, 1.82) is 0 Å². The molecule has 2 rings (SSSR count). The zero-order valence-electron chi connectivity index (χ0n) is 15.9. The first-order valence-electron chi connectivity index (χ1n) is 8.56. The quantitative estimate of drug-likeness (QED) is 0.709. The van der Waals surface area contributed by atoms with Gasteiger partial charge in [0.2, 0.25) is 6.10 Å². The van der Waals surface area contributed by atoms with E-state index in [-0.39, 0.29) is 5.56 Å². The Kier molecular flexibility index (Phi) is 7.38. The lowest BCUT2D eigenvalue weighted by Gasteiger charge is -2.18. The van der Waals surface area contributed by atoms with Crippen LogP contribution in [-0.4, -0.2) is 38.7 Å². The lowest BCUT2D eigenvalue weighted by Crippen LogP contribution is -2.42. The Balaban J connectivity index is 2.26. The summed E-state index contributed by atoms with van der Waals surface area (Å²) in [4.78, 5) is 36.8. The molecule has 0 aliphatic heterocycles. The minimum absolute atomic E-state index is 0.171. The molecule has 3 amide bonds. The number of rotatable bonds is 7. The van der Waals surface area contributed by atoms with Crippen LogP contribution in [0.2, 0.25) is 0 Å². The van der Waals surface area contributed by atoms with Crippen molar-refractivity contribution in [3.05, 3.63) is 59.7 Å². The van der Waals surface area contributed by atoms with Gasteiger partial charge >= 0.3 is 12.0 Å². The van der Waals surface area contributed by atoms with Crippen LogP contribution in [0.5, 0.6) is 11.5 Å². The Morgan fingerprint density at radius 1 is 0.964 bits per heavy atom. The first kappa shape index (κ1) is 20.8. The molecule has 0 aliphatic rings. The molecule has 1 atom stereocenters. The number of imide groups is 1. The van der Waals surface area contributed by atoms with E-state index in [1.54, 1.807) is 43.3 Å². The highest BCUT2D eigenvalue weighted by molar-refractivity contribution is 5.99. The second-order valence-corrected chi connectivity index (χ2v) is 5.61. The molecule has 0 saturated heterocycles. The number of nitrogens with one attached hydrogen (secondary N) is 2. The summed E-state index contributed by atoms with van der Waals surface area (Å²) >= 11 is 0. The van der Waals surface area contributed by atoms with Crippen LogP contribution < -0.4 is 20.1 Å². The van der Waals surface area contributed by atoms with Gasteiger partial charge in [0.05, 0.1) is 19.8 Å². The van der Waals surface area contributed by atoms with Crippen molar-refractivity contribution in [3.8, 4) is 11.5 Å². The number of hydrogen-bond donors (Lipinski definition) is 2. The van der Waals surface area contributed by atoms with E-state index in [9.17, 15) is 14.4 Å². The van der Waals surface area contributed by atoms with E-state index in [1.807, 2.05) is 0 Å². The van der Waals surface area contributed by atoms with Gasteiger partial charge in [-0.15, -0.1) is 0 Å². The van der Waals surface area contributed by atoms with Crippen LogP contribution in [0.1, 0.15) is 28.9 Å². The van der Waals surface area contributed by atoms with Gasteiger partial charge in [0, 0.05) is 12.1 Å². The van der Waals surface area contributed by atoms with Crippen molar-refractivity contribution in [2.24, 2.45) is 0 Å². The summed E-state index contributed by atoms with van der Waals surface area (Å²) in [6, 6.07) is 12.3. The van der Waals surface area contributed by atoms with Gasteiger partial charge in [-0.05, 0) is 25.1 Å². The number of benzene rings is 2. The minimum Gasteiger partial charge on any atom is -0.493 e. The summed E-state index contributed by atoms with van der Waals surface area (Å²) in [5, 5.41) is 4.62. The fourth-order valence-electron chi connectivity index (χ4n) is 2.42. The van der Waals surface area contributed by atoms with E-state index >= 15 is 0 Å². The Morgan fingerprint density at radius 2 is 1.64 bits per heavy atom. The lowest BCUT2D eigenvalue weighted by molar-refractivity contribution is -0.129. The molecule has 2 aromatic rings. The largest absolute Gasteiger partial charge is 0.493 e. The summed E-state index contributed by atoms with van der Waals surface area (Å²) in [7, 11) is 2.92. The van der Waals surface area contributed by atoms with E-state index in [2.05, 4.69) is 10.6 Å². The molecule has 0 aromatic heterocycles. The number of amides is 3. The van der Waals surface area contributed by atoms with Gasteiger partial charge in [-0.3, -0.25) is 10.1 Å². The second kappa shape index (κ2) is 9.96. The van der Waals surface area contributed by atoms with E-state index < -0.39 is 24.0 Å². The Morgan fingerprint density at radius 3 is 2.25 bits per heavy atom. The molecule has 0 fully saturated rings. The molecule has 148 valence electrons. The fourth-order valence-corrected chi connectivity index (χ4v) is 2.42. The number of ether oxygens (including phenoxy) is 3. The SMILES string of the molecule is CCNC(=O)NC(=O)[C@@H](OC(=O)c1ccc(OC)c(OC)c1)c1ccccc1. The third kappa shape index (κ3) is 5.23. The average molecular weight is 386 g/mol. The summed E-state index contributed by atoms with van der Waals surface area (Å²) in [5.74, 6) is -0.709. The average Bonchev–Trinajstić information content (AvgIpc) is 2.71. The standard InChI is InChI=1S/C20H22N2O6/c1-4-21-20(25)22-18(23)17(13-8-6-5-7-9-13)28-19(24)14-10-11-15(26-2)16(12-14)27-3/h5-12,17H,4H2,1-3H3,(H2,21,22,23,25)/t17-/m0/s1. The molecule has 2 N–H and O–H groups in total. The summed E-state index contributed by atoms with van der Waals surface area (Å²) in [6.07, 6.45) is -1.30. The smallest absolute Gasteiger partial charge is 0.339 e. The molecular weight excluding hydrogens is 364 g/mol. The van der Waals surface area contributed by atoms with Gasteiger partial charge in [-0.2, -0.15) is 0 Å². The molecule has 0 saturated carbocycles. The number of esters is 1. The van der Waals surface area contributed by atoms with Crippen molar-refractivity contribution in [1.82, 2.24) is 10.6 Å². The van der Waals surface area contributed by atoms with Crippen molar-refractivity contribution >= 4 is 17.9 Å². The highest BCUT2D eigenvalue weighted by atomic mass is 16.5. The first-order chi connectivity index (χ1) is 13.5. The van der Waals surface area contributed by atoms with Gasteiger partial charge in [0.15, 0.2) is 11.5 Å². The minimum atomic E-state index is -1.30. The number of methoxy groups -OCH3 is 2. The molecule has 0 spiro atoms. The maximum absolute atomic E-state index is 12.6. The highest BCUT2D eigenvalue weighted by Gasteiger charge is 2.27. The van der Waals surface area contributed by atoms with Crippen molar-refractivity contribution in [3.63, 3.8) is 0 Å². The van der Waals surface area contributed by atoms with Crippen molar-refractivity contribution in [2.45, 2.75) is 13.0 Å². The molecule has 8 heteroatoms. The summed E-state index contributed by atoms with van der Waals surface area (Å²) < 4.78 is 15.7. The van der Waals surface area contributed by atoms with Crippen LogP contribution in [-0.2, 0) is 9.53 Å². The number of carbonyl (C=O) groups is 3. The number of urea groups is 1. The zero-order valence-corrected chi connectivity index (χ0v) is 15.9. The lowest BCUT2D eigenvalue weighted by atomic mass is 10.1. The van der Waals surface area contributed by atoms with Crippen molar-refractivity contribution in [2.75, 3.05) is 20.8 Å². The van der Waals surface area contributed by atoms with Gasteiger partial charge in [-0.1, -0.05) is 30.3 Å². The number of carbonyl (C=O) groups excluding carboxylic acids is 3. The van der Waals surface area contributed by atoms with Crippen LogP contribution in [0.25, 0.3) is 0 Å². The molecule has 0 unspecified atom stereocenters. The van der Waals surface area contributed by atoms with Crippen LogP contribution in [0, 0.1) is 0 Å². The normalized spacial score (nSPS) is 11.1. The van der Waals surface area contributed by atoms with E-state index in [1.165, 1.54) is 26.4 Å². The van der Waals surface area contributed by atoms with Gasteiger partial charge < -0.3 is 19.5 Å². The predicted molar refractivity (Wildman–Crippen MR) is 101 cm³/mol. The summed E-state index contributed by atoms with van der Waals surface area (Å²) in [5.41, 5.74) is 0.600. The molecule has 0 radical (unpaired) electrons. The molecule has 0 bridgehead atoms. The molecule has 0 heterocycles. The molecular formula is C20H22N2O6. The summed E-state index contributed by atoms with van der Waals surface area (Å²) in [6.45, 7) is 2.07. The Bertz CT molecular complexity index is 838. The Hall–Kier alpha value is -3.55. The number of hydrogen-bond acceptors (Lipinski definition) is 6. The van der Waals surface area contributed by atoms with E-state index in [0.29, 0.717) is 23.6 Å². The third-order valence-corrected chi connectivity index (χ3v) is 3.76. The topological polar surface area (TPSA) is 103 Å². The van der Waals surface area contributed by atoms with Crippen LogP contribution in [0.3, 0.4) is 0 Å². The molecule has 28 heavy (non-hydrogen) atoms. The van der Waals surface area contributed by atoms with Gasteiger partial charge in [-0.25, -0.2) is 9.59 Å². The second-order valence-electron chi connectivity index (χ2n) is 5.61. The maximum atomic E-state index is 12.6. The van der Waals surface area contributed by atoms with E-state index in [0.717, 1.165) is 0 Å². The van der Waals surface area contributed by atoms with Crippen LogP contribution in [0.15, 0.2) is 48.5 Å². The fraction of sp³-hybridized carbons (Fsp3) is 0.250. The zero-order chi connectivity index (χ0) is 20.5. The highest BCUT2D eigenvalue weighted by Crippen LogP contribution is 2.29.